The van der Waals surface area contributed by atoms with Crippen molar-refractivity contribution in [3.63, 3.8) is 0 Å². The Bertz CT molecular complexity index is 458. The van der Waals surface area contributed by atoms with Crippen LogP contribution in [0.3, 0.4) is 0 Å². The van der Waals surface area contributed by atoms with Crippen LogP contribution >= 0.6 is 0 Å². The molecule has 0 aliphatic heterocycles. The number of benzene rings is 1. The van der Waals surface area contributed by atoms with Crippen molar-refractivity contribution in [2.75, 3.05) is 5.32 Å². The molecule has 0 aromatic heterocycles. The summed E-state index contributed by atoms with van der Waals surface area (Å²) < 4.78 is 0. The maximum Gasteiger partial charge on any atom is 0.227 e. The molecule has 1 aliphatic rings. The van der Waals surface area contributed by atoms with Gasteiger partial charge in [-0.15, -0.1) is 0 Å². The van der Waals surface area contributed by atoms with Gasteiger partial charge in [0.15, 0.2) is 0 Å². The third-order valence-corrected chi connectivity index (χ3v) is 2.67. The lowest BCUT2D eigenvalue weighted by Crippen LogP contribution is -2.13. The van der Waals surface area contributed by atoms with Gasteiger partial charge in [0.05, 0.1) is 5.71 Å². The summed E-state index contributed by atoms with van der Waals surface area (Å²) in [7, 11) is 0. The number of hydrogen-bond acceptors (Lipinski definition) is 3. The average molecular weight is 229 g/mol. The lowest BCUT2D eigenvalue weighted by atomic mass is 10.1. The summed E-state index contributed by atoms with van der Waals surface area (Å²) in [6.45, 7) is 0. The molecule has 0 bridgehead atoms. The molecular formula is C13H15N3O. The van der Waals surface area contributed by atoms with Crippen molar-refractivity contribution in [1.29, 1.82) is 5.41 Å². The molecule has 0 unspecified atom stereocenters. The number of carbonyl (C=O) groups is 1. The van der Waals surface area contributed by atoms with E-state index in [9.17, 15) is 4.79 Å². The van der Waals surface area contributed by atoms with Crippen molar-refractivity contribution in [3.8, 4) is 0 Å². The summed E-state index contributed by atoms with van der Waals surface area (Å²) in [6.07, 6.45) is 4.86. The minimum absolute atomic E-state index is 0.0923. The van der Waals surface area contributed by atoms with Gasteiger partial charge in [0.25, 0.3) is 0 Å². The monoisotopic (exact) mass is 229 g/mol. The van der Waals surface area contributed by atoms with Crippen LogP contribution in [0.2, 0.25) is 0 Å². The fourth-order valence-corrected chi connectivity index (χ4v) is 1.52. The van der Waals surface area contributed by atoms with Crippen LogP contribution in [0.5, 0.6) is 0 Å². The van der Waals surface area contributed by atoms with Crippen LogP contribution in [0.4, 0.5) is 5.69 Å². The van der Waals surface area contributed by atoms with Crippen molar-refractivity contribution in [2.45, 2.75) is 12.8 Å². The molecule has 88 valence electrons. The van der Waals surface area contributed by atoms with Gasteiger partial charge in [-0.25, -0.2) is 0 Å². The standard InChI is InChI=1S/C13H15N3O/c14-8-7-12(15)9-3-5-11(6-4-9)16-13(17)10-1-2-10/h3-8,10,15H,1-2,14H2,(H,16,17)/b8-7-,15-12?. The van der Waals surface area contributed by atoms with Gasteiger partial charge in [0.1, 0.15) is 0 Å². The van der Waals surface area contributed by atoms with Crippen LogP contribution in [0.25, 0.3) is 0 Å². The van der Waals surface area contributed by atoms with E-state index in [0.29, 0.717) is 5.71 Å². The third kappa shape index (κ3) is 2.93. The maximum atomic E-state index is 11.5. The minimum Gasteiger partial charge on any atom is -0.405 e. The predicted octanol–water partition coefficient (Wildman–Crippen LogP) is 1.88. The third-order valence-electron chi connectivity index (χ3n) is 2.67. The highest BCUT2D eigenvalue weighted by molar-refractivity contribution is 6.06. The fraction of sp³-hybridized carbons (Fsp3) is 0.231. The number of allylic oxidation sites excluding steroid dienone is 1. The van der Waals surface area contributed by atoms with E-state index in [0.717, 1.165) is 24.1 Å². The second-order valence-corrected chi connectivity index (χ2v) is 4.11. The Hall–Kier alpha value is -2.10. The lowest BCUT2D eigenvalue weighted by molar-refractivity contribution is -0.117. The Labute approximate surface area is 100 Å². The van der Waals surface area contributed by atoms with Crippen LogP contribution in [0.1, 0.15) is 18.4 Å². The first kappa shape index (κ1) is 11.4. The highest BCUT2D eigenvalue weighted by atomic mass is 16.2. The molecule has 1 aromatic carbocycles. The molecule has 1 fully saturated rings. The van der Waals surface area contributed by atoms with Crippen molar-refractivity contribution in [3.05, 3.63) is 42.1 Å². The van der Waals surface area contributed by atoms with E-state index in [4.69, 9.17) is 11.1 Å². The Morgan fingerprint density at radius 3 is 2.53 bits per heavy atom. The highest BCUT2D eigenvalue weighted by Crippen LogP contribution is 2.30. The van der Waals surface area contributed by atoms with E-state index in [1.807, 2.05) is 0 Å². The van der Waals surface area contributed by atoms with Gasteiger partial charge < -0.3 is 16.5 Å². The SMILES string of the molecule is N=C(/C=C\N)c1ccc(NC(=O)C2CC2)cc1. The summed E-state index contributed by atoms with van der Waals surface area (Å²) in [5.74, 6) is 0.294. The number of hydrogen-bond donors (Lipinski definition) is 3. The first-order valence-corrected chi connectivity index (χ1v) is 5.59. The van der Waals surface area contributed by atoms with Crippen molar-refractivity contribution in [2.24, 2.45) is 11.7 Å². The molecule has 1 saturated carbocycles. The molecule has 0 saturated heterocycles. The van der Waals surface area contributed by atoms with Crippen LogP contribution in [-0.4, -0.2) is 11.6 Å². The number of carbonyl (C=O) groups excluding carboxylic acids is 1. The molecule has 4 nitrogen and oxygen atoms in total. The first-order valence-electron chi connectivity index (χ1n) is 5.59. The molecule has 4 N–H and O–H groups in total. The predicted molar refractivity (Wildman–Crippen MR) is 68.0 cm³/mol. The Kier molecular flexibility index (Phi) is 3.23. The van der Waals surface area contributed by atoms with Crippen molar-refractivity contribution in [1.82, 2.24) is 0 Å². The highest BCUT2D eigenvalue weighted by Gasteiger charge is 2.29. The lowest BCUT2D eigenvalue weighted by Gasteiger charge is -2.05. The Morgan fingerprint density at radius 2 is 2.00 bits per heavy atom. The smallest absolute Gasteiger partial charge is 0.227 e. The average Bonchev–Trinajstić information content (AvgIpc) is 3.14. The zero-order chi connectivity index (χ0) is 12.3. The number of nitrogens with one attached hydrogen (secondary N) is 2. The molecule has 4 heteroatoms. The van der Waals surface area contributed by atoms with E-state index in [-0.39, 0.29) is 11.8 Å². The van der Waals surface area contributed by atoms with E-state index >= 15 is 0 Å². The Balaban J connectivity index is 2.01. The fourth-order valence-electron chi connectivity index (χ4n) is 1.52. The zero-order valence-corrected chi connectivity index (χ0v) is 9.44. The quantitative estimate of drug-likeness (QED) is 0.689. The summed E-state index contributed by atoms with van der Waals surface area (Å²) in [5.41, 5.74) is 7.13. The maximum absolute atomic E-state index is 11.5. The van der Waals surface area contributed by atoms with E-state index in [1.165, 1.54) is 12.3 Å². The number of nitrogens with two attached hydrogens (primary N) is 1. The van der Waals surface area contributed by atoms with Gasteiger partial charge in [-0.1, -0.05) is 12.1 Å². The first-order chi connectivity index (χ1) is 8.20. The largest absolute Gasteiger partial charge is 0.405 e. The number of anilines is 1. The molecule has 1 amide bonds. The molecule has 0 heterocycles. The van der Waals surface area contributed by atoms with Gasteiger partial charge in [-0.2, -0.15) is 0 Å². The normalized spacial score (nSPS) is 14.8. The molecule has 1 aromatic rings. The Morgan fingerprint density at radius 1 is 1.35 bits per heavy atom. The van der Waals surface area contributed by atoms with E-state index in [2.05, 4.69) is 5.32 Å². The molecule has 17 heavy (non-hydrogen) atoms. The van der Waals surface area contributed by atoms with Crippen molar-refractivity contribution >= 4 is 17.3 Å². The van der Waals surface area contributed by atoms with Crippen LogP contribution in [0.15, 0.2) is 36.5 Å². The zero-order valence-electron chi connectivity index (χ0n) is 9.44. The summed E-state index contributed by atoms with van der Waals surface area (Å²) >= 11 is 0. The van der Waals surface area contributed by atoms with E-state index < -0.39 is 0 Å². The second-order valence-electron chi connectivity index (χ2n) is 4.11. The second kappa shape index (κ2) is 4.82. The number of rotatable bonds is 4. The summed E-state index contributed by atoms with van der Waals surface area (Å²) in [6, 6.07) is 7.19. The molecule has 0 radical (unpaired) electrons. The number of amides is 1. The van der Waals surface area contributed by atoms with Crippen LogP contribution in [-0.2, 0) is 4.79 Å². The van der Waals surface area contributed by atoms with Crippen LogP contribution in [0, 0.1) is 11.3 Å². The molecule has 0 spiro atoms. The summed E-state index contributed by atoms with van der Waals surface area (Å²) in [5, 5.41) is 10.5. The van der Waals surface area contributed by atoms with Crippen LogP contribution < -0.4 is 11.1 Å². The molecule has 1 aliphatic carbocycles. The minimum atomic E-state index is 0.0923. The topological polar surface area (TPSA) is 79.0 Å². The van der Waals surface area contributed by atoms with Gasteiger partial charge in [-0.3, -0.25) is 4.79 Å². The van der Waals surface area contributed by atoms with Crippen molar-refractivity contribution < 1.29 is 4.79 Å². The summed E-state index contributed by atoms with van der Waals surface area (Å²) in [4.78, 5) is 11.5. The molecule has 2 rings (SSSR count). The van der Waals surface area contributed by atoms with Gasteiger partial charge >= 0.3 is 0 Å². The van der Waals surface area contributed by atoms with Gasteiger partial charge in [0, 0.05) is 11.6 Å². The van der Waals surface area contributed by atoms with E-state index in [1.54, 1.807) is 24.3 Å². The molecular weight excluding hydrogens is 214 g/mol. The van der Waals surface area contributed by atoms with Gasteiger partial charge in [-0.05, 0) is 42.8 Å². The molecule has 0 atom stereocenters. The van der Waals surface area contributed by atoms with Gasteiger partial charge in [0.2, 0.25) is 5.91 Å².